The Kier molecular flexibility index (Phi) is 4.56. The van der Waals surface area contributed by atoms with Crippen LogP contribution in [0.25, 0.3) is 5.57 Å². The summed E-state index contributed by atoms with van der Waals surface area (Å²) in [7, 11) is 0. The summed E-state index contributed by atoms with van der Waals surface area (Å²) < 4.78 is 0. The van der Waals surface area contributed by atoms with Crippen LogP contribution in [0.3, 0.4) is 0 Å². The quantitative estimate of drug-likeness (QED) is 0.631. The van der Waals surface area contributed by atoms with Crippen molar-refractivity contribution in [2.45, 2.75) is 33.1 Å². The molecule has 2 amide bonds. The fourth-order valence-corrected chi connectivity index (χ4v) is 3.61. The summed E-state index contributed by atoms with van der Waals surface area (Å²) in [6.45, 7) is 9.64. The number of benzene rings is 1. The van der Waals surface area contributed by atoms with Crippen molar-refractivity contribution in [1.29, 1.82) is 0 Å². The Hall–Kier alpha value is -2.36. The molecule has 24 heavy (non-hydrogen) atoms. The summed E-state index contributed by atoms with van der Waals surface area (Å²) in [5.74, 6) is -0.385. The van der Waals surface area contributed by atoms with Crippen LogP contribution in [0.1, 0.15) is 36.0 Å². The van der Waals surface area contributed by atoms with Crippen molar-refractivity contribution in [2.24, 2.45) is 0 Å². The highest BCUT2D eigenvalue weighted by atomic mass is 16.2. The SMILES string of the molecule is C=CCN1C(=O)C(c2ccc(C)cc2C)=C(N2CCCCC2)C1=O. The molecule has 0 aliphatic carbocycles. The number of aryl methyl sites for hydroxylation is 2. The molecule has 0 atom stereocenters. The Morgan fingerprint density at radius 1 is 1.08 bits per heavy atom. The maximum atomic E-state index is 13.0. The van der Waals surface area contributed by atoms with Gasteiger partial charge in [0.05, 0.1) is 5.57 Å². The molecule has 0 bridgehead atoms. The van der Waals surface area contributed by atoms with E-state index in [2.05, 4.69) is 17.5 Å². The van der Waals surface area contributed by atoms with Gasteiger partial charge in [0.25, 0.3) is 11.8 Å². The zero-order valence-electron chi connectivity index (χ0n) is 14.5. The zero-order valence-corrected chi connectivity index (χ0v) is 14.5. The molecule has 0 N–H and O–H groups in total. The topological polar surface area (TPSA) is 40.6 Å². The number of rotatable bonds is 4. The molecule has 0 unspecified atom stereocenters. The van der Waals surface area contributed by atoms with E-state index in [9.17, 15) is 9.59 Å². The van der Waals surface area contributed by atoms with E-state index < -0.39 is 0 Å². The molecule has 126 valence electrons. The number of hydrogen-bond donors (Lipinski definition) is 0. The standard InChI is InChI=1S/C20H24N2O2/c1-4-10-22-19(23)17(16-9-8-14(2)13-15(16)3)18(20(22)24)21-11-6-5-7-12-21/h4,8-9,13H,1,5-7,10-12H2,2-3H3. The van der Waals surface area contributed by atoms with Gasteiger partial charge in [-0.2, -0.15) is 0 Å². The van der Waals surface area contributed by atoms with Gasteiger partial charge in [-0.1, -0.05) is 29.8 Å². The number of piperidine rings is 1. The third-order valence-electron chi connectivity index (χ3n) is 4.78. The Morgan fingerprint density at radius 3 is 2.42 bits per heavy atom. The first-order valence-electron chi connectivity index (χ1n) is 8.58. The summed E-state index contributed by atoms with van der Waals surface area (Å²) in [4.78, 5) is 29.3. The summed E-state index contributed by atoms with van der Waals surface area (Å²) in [5, 5.41) is 0. The summed E-state index contributed by atoms with van der Waals surface area (Å²) in [5.41, 5.74) is 4.18. The number of amides is 2. The molecule has 4 heteroatoms. The monoisotopic (exact) mass is 324 g/mol. The smallest absolute Gasteiger partial charge is 0.278 e. The second-order valence-corrected chi connectivity index (χ2v) is 6.60. The maximum Gasteiger partial charge on any atom is 0.278 e. The Balaban J connectivity index is 2.13. The molecule has 1 aromatic carbocycles. The Labute approximate surface area is 143 Å². The minimum Gasteiger partial charge on any atom is -0.366 e. The number of carbonyl (C=O) groups is 2. The molecule has 0 radical (unpaired) electrons. The van der Waals surface area contributed by atoms with Crippen LogP contribution < -0.4 is 0 Å². The lowest BCUT2D eigenvalue weighted by atomic mass is 9.97. The van der Waals surface area contributed by atoms with E-state index >= 15 is 0 Å². The molecule has 3 rings (SSSR count). The van der Waals surface area contributed by atoms with Gasteiger partial charge in [0.15, 0.2) is 0 Å². The van der Waals surface area contributed by atoms with E-state index in [0.29, 0.717) is 11.3 Å². The molecule has 1 aromatic rings. The lowest BCUT2D eigenvalue weighted by molar-refractivity contribution is -0.136. The molecule has 2 aliphatic rings. The average Bonchev–Trinajstić information content (AvgIpc) is 2.81. The fraction of sp³-hybridized carbons (Fsp3) is 0.400. The minimum atomic E-state index is -0.201. The molecule has 1 saturated heterocycles. The summed E-state index contributed by atoms with van der Waals surface area (Å²) in [6, 6.07) is 6.02. The van der Waals surface area contributed by atoms with Gasteiger partial charge in [0, 0.05) is 19.6 Å². The molecule has 1 fully saturated rings. The highest BCUT2D eigenvalue weighted by Crippen LogP contribution is 2.34. The van der Waals surface area contributed by atoms with Crippen molar-refractivity contribution in [1.82, 2.24) is 9.80 Å². The van der Waals surface area contributed by atoms with Crippen LogP contribution in [0.2, 0.25) is 0 Å². The molecular weight excluding hydrogens is 300 g/mol. The van der Waals surface area contributed by atoms with E-state index in [0.717, 1.165) is 42.6 Å². The van der Waals surface area contributed by atoms with Crippen molar-refractivity contribution in [3.8, 4) is 0 Å². The average molecular weight is 324 g/mol. The van der Waals surface area contributed by atoms with Crippen LogP contribution >= 0.6 is 0 Å². The van der Waals surface area contributed by atoms with Gasteiger partial charge >= 0.3 is 0 Å². The van der Waals surface area contributed by atoms with Gasteiger partial charge in [0.2, 0.25) is 0 Å². The maximum absolute atomic E-state index is 13.0. The van der Waals surface area contributed by atoms with Crippen molar-refractivity contribution in [2.75, 3.05) is 19.6 Å². The number of likely N-dealkylation sites (tertiary alicyclic amines) is 1. The number of imide groups is 1. The van der Waals surface area contributed by atoms with E-state index in [1.165, 1.54) is 11.3 Å². The number of hydrogen-bond acceptors (Lipinski definition) is 3. The number of carbonyl (C=O) groups excluding carboxylic acids is 2. The summed E-state index contributed by atoms with van der Waals surface area (Å²) in [6.07, 6.45) is 4.91. The fourth-order valence-electron chi connectivity index (χ4n) is 3.61. The Morgan fingerprint density at radius 2 is 1.79 bits per heavy atom. The van der Waals surface area contributed by atoms with Crippen molar-refractivity contribution < 1.29 is 9.59 Å². The van der Waals surface area contributed by atoms with Crippen LogP contribution in [0.15, 0.2) is 36.6 Å². The largest absolute Gasteiger partial charge is 0.366 e. The summed E-state index contributed by atoms with van der Waals surface area (Å²) >= 11 is 0. The van der Waals surface area contributed by atoms with Gasteiger partial charge in [-0.3, -0.25) is 14.5 Å². The van der Waals surface area contributed by atoms with Crippen molar-refractivity contribution >= 4 is 17.4 Å². The molecule has 0 spiro atoms. The minimum absolute atomic E-state index is 0.184. The molecule has 2 aliphatic heterocycles. The van der Waals surface area contributed by atoms with E-state index in [1.54, 1.807) is 6.08 Å². The normalized spacial score (nSPS) is 18.6. The van der Waals surface area contributed by atoms with E-state index in [1.807, 2.05) is 26.0 Å². The Bertz CT molecular complexity index is 727. The molecule has 4 nitrogen and oxygen atoms in total. The first kappa shape index (κ1) is 16.5. The van der Waals surface area contributed by atoms with Crippen LogP contribution in [0.5, 0.6) is 0 Å². The first-order chi connectivity index (χ1) is 11.5. The molecule has 0 saturated carbocycles. The second kappa shape index (κ2) is 6.63. The van der Waals surface area contributed by atoms with Crippen molar-refractivity contribution in [3.63, 3.8) is 0 Å². The first-order valence-corrected chi connectivity index (χ1v) is 8.58. The van der Waals surface area contributed by atoms with Gasteiger partial charge < -0.3 is 4.90 Å². The van der Waals surface area contributed by atoms with Crippen LogP contribution in [-0.4, -0.2) is 41.2 Å². The highest BCUT2D eigenvalue weighted by Gasteiger charge is 2.41. The van der Waals surface area contributed by atoms with Gasteiger partial charge in [-0.25, -0.2) is 0 Å². The van der Waals surface area contributed by atoms with Crippen LogP contribution in [0, 0.1) is 13.8 Å². The van der Waals surface area contributed by atoms with Crippen LogP contribution in [-0.2, 0) is 9.59 Å². The molecule has 2 heterocycles. The third kappa shape index (κ3) is 2.77. The molecular formula is C20H24N2O2. The predicted octanol–water partition coefficient (Wildman–Crippen LogP) is 3.06. The van der Waals surface area contributed by atoms with Gasteiger partial charge in [-0.05, 0) is 44.2 Å². The predicted molar refractivity (Wildman–Crippen MR) is 95.2 cm³/mol. The second-order valence-electron chi connectivity index (χ2n) is 6.60. The van der Waals surface area contributed by atoms with Crippen molar-refractivity contribution in [3.05, 3.63) is 53.2 Å². The van der Waals surface area contributed by atoms with E-state index in [4.69, 9.17) is 0 Å². The van der Waals surface area contributed by atoms with Gasteiger partial charge in [0.1, 0.15) is 5.70 Å². The molecule has 0 aromatic heterocycles. The highest BCUT2D eigenvalue weighted by molar-refractivity contribution is 6.35. The van der Waals surface area contributed by atoms with Gasteiger partial charge in [-0.15, -0.1) is 6.58 Å². The van der Waals surface area contributed by atoms with Crippen LogP contribution in [0.4, 0.5) is 0 Å². The van der Waals surface area contributed by atoms with E-state index in [-0.39, 0.29) is 18.4 Å². The number of nitrogens with zero attached hydrogens (tertiary/aromatic N) is 2. The lowest BCUT2D eigenvalue weighted by Crippen LogP contribution is -2.37. The lowest BCUT2D eigenvalue weighted by Gasteiger charge is -2.29. The third-order valence-corrected chi connectivity index (χ3v) is 4.78. The zero-order chi connectivity index (χ0) is 17.3.